The molecule has 182 valence electrons. The molecule has 0 saturated carbocycles. The molecule has 1 atom stereocenters. The number of nitrogens with zero attached hydrogens (tertiary/aromatic N) is 2. The molecule has 1 saturated heterocycles. The summed E-state index contributed by atoms with van der Waals surface area (Å²) in [5.41, 5.74) is 2.53. The Kier molecular flexibility index (Phi) is 8.51. The predicted octanol–water partition coefficient (Wildman–Crippen LogP) is 4.66. The second-order valence-corrected chi connectivity index (χ2v) is 9.48. The standard InChI is InChI=1S/C28H36N2O4/c1-6-20-11-13-21(14-12-20)26(31)24-25(22-9-7-10-23(17-22)34-18-19(2)3)30(28(33)27(24)32)16-8-15-29(4)5/h7,9-14,17,19,25,31H,6,8,15-16,18H2,1-5H3/b26-24-. The van der Waals surface area contributed by atoms with Crippen molar-refractivity contribution in [2.75, 3.05) is 33.8 Å². The Hall–Kier alpha value is -3.12. The number of aliphatic hydroxyl groups excluding tert-OH is 1. The molecule has 1 aliphatic rings. The predicted molar refractivity (Wildman–Crippen MR) is 135 cm³/mol. The van der Waals surface area contributed by atoms with Crippen LogP contribution in [0, 0.1) is 5.92 Å². The first kappa shape index (κ1) is 25.5. The van der Waals surface area contributed by atoms with E-state index in [1.54, 1.807) is 17.0 Å². The SMILES string of the molecule is CCc1ccc(/C(O)=C2/C(=O)C(=O)N(CCCN(C)C)C2c2cccc(OCC(C)C)c2)cc1. The number of carbonyl (C=O) groups is 2. The van der Waals surface area contributed by atoms with Crippen molar-refractivity contribution in [3.63, 3.8) is 0 Å². The van der Waals surface area contributed by atoms with Crippen LogP contribution in [0.5, 0.6) is 5.75 Å². The summed E-state index contributed by atoms with van der Waals surface area (Å²) in [5, 5.41) is 11.2. The number of hydrogen-bond acceptors (Lipinski definition) is 5. The molecule has 6 heteroatoms. The highest BCUT2D eigenvalue weighted by molar-refractivity contribution is 6.46. The molecule has 1 N–H and O–H groups in total. The molecule has 0 spiro atoms. The lowest BCUT2D eigenvalue weighted by Gasteiger charge is -2.26. The van der Waals surface area contributed by atoms with Crippen LogP contribution in [0.1, 0.15) is 49.9 Å². The van der Waals surface area contributed by atoms with Gasteiger partial charge in [0.15, 0.2) is 0 Å². The zero-order valence-electron chi connectivity index (χ0n) is 20.9. The van der Waals surface area contributed by atoms with Gasteiger partial charge >= 0.3 is 0 Å². The van der Waals surface area contributed by atoms with Gasteiger partial charge in [0.2, 0.25) is 0 Å². The largest absolute Gasteiger partial charge is 0.507 e. The van der Waals surface area contributed by atoms with Crippen LogP contribution in [0.15, 0.2) is 54.1 Å². The number of hydrogen-bond donors (Lipinski definition) is 1. The lowest BCUT2D eigenvalue weighted by molar-refractivity contribution is -0.139. The normalized spacial score (nSPS) is 17.7. The zero-order valence-corrected chi connectivity index (χ0v) is 20.9. The minimum absolute atomic E-state index is 0.125. The van der Waals surface area contributed by atoms with Crippen LogP contribution in [-0.2, 0) is 16.0 Å². The molecule has 0 bridgehead atoms. The van der Waals surface area contributed by atoms with E-state index in [1.807, 2.05) is 55.4 Å². The molecule has 0 aromatic heterocycles. The lowest BCUT2D eigenvalue weighted by atomic mass is 9.94. The van der Waals surface area contributed by atoms with Gasteiger partial charge in [-0.2, -0.15) is 0 Å². The van der Waals surface area contributed by atoms with Crippen LogP contribution in [0.2, 0.25) is 0 Å². The topological polar surface area (TPSA) is 70.1 Å². The van der Waals surface area contributed by atoms with E-state index in [0.29, 0.717) is 36.8 Å². The molecular weight excluding hydrogens is 428 g/mol. The van der Waals surface area contributed by atoms with Crippen molar-refractivity contribution < 1.29 is 19.4 Å². The number of amides is 1. The summed E-state index contributed by atoms with van der Waals surface area (Å²) < 4.78 is 5.90. The molecule has 1 fully saturated rings. The highest BCUT2D eigenvalue weighted by Gasteiger charge is 2.45. The third-order valence-electron chi connectivity index (χ3n) is 5.94. The Morgan fingerprint density at radius 1 is 1.12 bits per heavy atom. The molecule has 1 aliphatic heterocycles. The fourth-order valence-electron chi connectivity index (χ4n) is 4.11. The zero-order chi connectivity index (χ0) is 24.8. The average Bonchev–Trinajstić information content (AvgIpc) is 3.07. The Morgan fingerprint density at radius 3 is 2.44 bits per heavy atom. The van der Waals surface area contributed by atoms with Crippen LogP contribution >= 0.6 is 0 Å². The smallest absolute Gasteiger partial charge is 0.295 e. The fraction of sp³-hybridized carbons (Fsp3) is 0.429. The summed E-state index contributed by atoms with van der Waals surface area (Å²) in [6, 6.07) is 14.3. The van der Waals surface area contributed by atoms with Crippen LogP contribution in [0.3, 0.4) is 0 Å². The third-order valence-corrected chi connectivity index (χ3v) is 5.94. The Morgan fingerprint density at radius 2 is 1.82 bits per heavy atom. The number of carbonyl (C=O) groups excluding carboxylic acids is 2. The first-order valence-corrected chi connectivity index (χ1v) is 12.0. The average molecular weight is 465 g/mol. The van der Waals surface area contributed by atoms with E-state index in [0.717, 1.165) is 24.1 Å². The Bertz CT molecular complexity index is 1040. The Labute approximate surface area is 202 Å². The van der Waals surface area contributed by atoms with Gasteiger partial charge in [0.1, 0.15) is 11.5 Å². The summed E-state index contributed by atoms with van der Waals surface area (Å²) in [6.45, 7) is 7.97. The maximum Gasteiger partial charge on any atom is 0.295 e. The molecule has 0 aliphatic carbocycles. The van der Waals surface area contributed by atoms with Gasteiger partial charge in [0.25, 0.3) is 11.7 Å². The van der Waals surface area contributed by atoms with Crippen molar-refractivity contribution in [1.82, 2.24) is 9.80 Å². The van der Waals surface area contributed by atoms with E-state index in [1.165, 1.54) is 0 Å². The number of benzene rings is 2. The number of likely N-dealkylation sites (tertiary alicyclic amines) is 1. The molecule has 3 rings (SSSR count). The van der Waals surface area contributed by atoms with Crippen molar-refractivity contribution in [1.29, 1.82) is 0 Å². The highest BCUT2D eigenvalue weighted by Crippen LogP contribution is 2.40. The molecule has 2 aromatic rings. The van der Waals surface area contributed by atoms with E-state index in [9.17, 15) is 14.7 Å². The van der Waals surface area contributed by atoms with E-state index in [-0.39, 0.29) is 11.3 Å². The number of rotatable bonds is 10. The molecule has 1 unspecified atom stereocenters. The van der Waals surface area contributed by atoms with E-state index in [4.69, 9.17) is 4.74 Å². The second-order valence-electron chi connectivity index (χ2n) is 9.48. The monoisotopic (exact) mass is 464 g/mol. The van der Waals surface area contributed by atoms with E-state index < -0.39 is 17.7 Å². The highest BCUT2D eigenvalue weighted by atomic mass is 16.5. The maximum atomic E-state index is 13.2. The van der Waals surface area contributed by atoms with Crippen LogP contribution in [0.4, 0.5) is 0 Å². The van der Waals surface area contributed by atoms with Gasteiger partial charge in [0.05, 0.1) is 18.2 Å². The van der Waals surface area contributed by atoms with Gasteiger partial charge < -0.3 is 19.6 Å². The first-order valence-electron chi connectivity index (χ1n) is 12.0. The van der Waals surface area contributed by atoms with Crippen LogP contribution in [-0.4, -0.2) is 60.4 Å². The molecule has 6 nitrogen and oxygen atoms in total. The quantitative estimate of drug-likeness (QED) is 0.315. The van der Waals surface area contributed by atoms with Crippen molar-refractivity contribution in [3.05, 3.63) is 70.8 Å². The van der Waals surface area contributed by atoms with Crippen molar-refractivity contribution in [3.8, 4) is 5.75 Å². The summed E-state index contributed by atoms with van der Waals surface area (Å²) >= 11 is 0. The van der Waals surface area contributed by atoms with Gasteiger partial charge in [-0.3, -0.25) is 9.59 Å². The van der Waals surface area contributed by atoms with Gasteiger partial charge in [-0.1, -0.05) is 57.2 Å². The summed E-state index contributed by atoms with van der Waals surface area (Å²) in [7, 11) is 3.95. The molecule has 0 radical (unpaired) electrons. The number of ketones is 1. The third kappa shape index (κ3) is 5.86. The Balaban J connectivity index is 2.06. The van der Waals surface area contributed by atoms with Crippen LogP contribution < -0.4 is 4.74 Å². The van der Waals surface area contributed by atoms with Crippen molar-refractivity contribution >= 4 is 17.4 Å². The number of ether oxygens (including phenoxy) is 1. The molecule has 34 heavy (non-hydrogen) atoms. The van der Waals surface area contributed by atoms with Gasteiger partial charge in [-0.25, -0.2) is 0 Å². The first-order chi connectivity index (χ1) is 16.2. The number of aryl methyl sites for hydroxylation is 1. The van der Waals surface area contributed by atoms with E-state index in [2.05, 4.69) is 20.8 Å². The van der Waals surface area contributed by atoms with Gasteiger partial charge in [-0.15, -0.1) is 0 Å². The minimum atomic E-state index is -0.671. The summed E-state index contributed by atoms with van der Waals surface area (Å²) in [6.07, 6.45) is 1.59. The van der Waals surface area contributed by atoms with Crippen molar-refractivity contribution in [2.24, 2.45) is 5.92 Å². The number of Topliss-reactive ketones (excluding diaryl/α,β-unsaturated/α-hetero) is 1. The number of aliphatic hydroxyl groups is 1. The molecule has 1 amide bonds. The second kappa shape index (κ2) is 11.3. The summed E-state index contributed by atoms with van der Waals surface area (Å²) in [5.74, 6) is -0.331. The minimum Gasteiger partial charge on any atom is -0.507 e. The summed E-state index contributed by atoms with van der Waals surface area (Å²) in [4.78, 5) is 29.9. The van der Waals surface area contributed by atoms with Gasteiger partial charge in [0, 0.05) is 12.1 Å². The van der Waals surface area contributed by atoms with Crippen molar-refractivity contribution in [2.45, 2.75) is 39.7 Å². The maximum absolute atomic E-state index is 13.2. The van der Waals surface area contributed by atoms with E-state index >= 15 is 0 Å². The van der Waals surface area contributed by atoms with Crippen LogP contribution in [0.25, 0.3) is 5.76 Å². The molecule has 1 heterocycles. The fourth-order valence-corrected chi connectivity index (χ4v) is 4.11. The molecular formula is C28H36N2O4. The van der Waals surface area contributed by atoms with Gasteiger partial charge in [-0.05, 0) is 62.7 Å². The lowest BCUT2D eigenvalue weighted by Crippen LogP contribution is -2.32. The molecule has 2 aromatic carbocycles.